The van der Waals surface area contributed by atoms with Gasteiger partial charge in [-0.15, -0.1) is 0 Å². The van der Waals surface area contributed by atoms with Crippen LogP contribution in [0, 0.1) is 0 Å². The van der Waals surface area contributed by atoms with Crippen molar-refractivity contribution in [2.75, 3.05) is 6.54 Å². The van der Waals surface area contributed by atoms with Crippen LogP contribution < -0.4 is 11.1 Å². The number of rotatable bonds is 3. The van der Waals surface area contributed by atoms with Crippen LogP contribution in [-0.4, -0.2) is 12.5 Å². The van der Waals surface area contributed by atoms with E-state index in [0.29, 0.717) is 5.56 Å². The molecule has 1 aliphatic rings. The predicted octanol–water partition coefficient (Wildman–Crippen LogP) is 2.21. The van der Waals surface area contributed by atoms with E-state index >= 15 is 0 Å². The van der Waals surface area contributed by atoms with Crippen molar-refractivity contribution in [1.82, 2.24) is 5.32 Å². The summed E-state index contributed by atoms with van der Waals surface area (Å²) in [6, 6.07) is 16.5. The molecule has 0 spiro atoms. The molecule has 1 heterocycles. The quantitative estimate of drug-likeness (QED) is 0.895. The Morgan fingerprint density at radius 3 is 2.70 bits per heavy atom. The van der Waals surface area contributed by atoms with Crippen molar-refractivity contribution in [3.8, 4) is 0 Å². The molecular formula is C17H18N2O. The zero-order chi connectivity index (χ0) is 13.9. The van der Waals surface area contributed by atoms with Crippen molar-refractivity contribution in [1.29, 1.82) is 0 Å². The highest BCUT2D eigenvalue weighted by Gasteiger charge is 2.23. The fourth-order valence-corrected chi connectivity index (χ4v) is 2.95. The van der Waals surface area contributed by atoms with Gasteiger partial charge in [0.05, 0.1) is 0 Å². The van der Waals surface area contributed by atoms with Crippen molar-refractivity contribution in [2.24, 2.45) is 5.73 Å². The van der Waals surface area contributed by atoms with E-state index in [1.54, 1.807) is 0 Å². The summed E-state index contributed by atoms with van der Waals surface area (Å²) in [6.07, 6.45) is 1.79. The van der Waals surface area contributed by atoms with Crippen LogP contribution in [-0.2, 0) is 12.8 Å². The maximum absolute atomic E-state index is 11.5. The largest absolute Gasteiger partial charge is 0.366 e. The second-order valence-corrected chi connectivity index (χ2v) is 5.18. The van der Waals surface area contributed by atoms with Crippen molar-refractivity contribution < 1.29 is 4.79 Å². The first-order chi connectivity index (χ1) is 9.75. The van der Waals surface area contributed by atoms with E-state index in [1.165, 1.54) is 11.1 Å². The number of nitrogens with one attached hydrogen (secondary N) is 1. The highest BCUT2D eigenvalue weighted by Crippen LogP contribution is 2.28. The van der Waals surface area contributed by atoms with Gasteiger partial charge in [-0.05, 0) is 42.1 Å². The Morgan fingerprint density at radius 2 is 1.95 bits per heavy atom. The maximum atomic E-state index is 11.5. The van der Waals surface area contributed by atoms with E-state index in [4.69, 9.17) is 5.73 Å². The lowest BCUT2D eigenvalue weighted by atomic mass is 9.87. The molecule has 0 saturated carbocycles. The lowest BCUT2D eigenvalue weighted by Crippen LogP contribution is -2.33. The first-order valence-corrected chi connectivity index (χ1v) is 6.94. The lowest BCUT2D eigenvalue weighted by molar-refractivity contribution is 0.0999. The van der Waals surface area contributed by atoms with E-state index in [0.717, 1.165) is 24.9 Å². The number of fused-ring (bicyclic) bond motifs is 1. The molecule has 3 rings (SSSR count). The Hall–Kier alpha value is -2.13. The molecule has 3 N–H and O–H groups in total. The third-order valence-corrected chi connectivity index (χ3v) is 3.90. The summed E-state index contributed by atoms with van der Waals surface area (Å²) in [5.74, 6) is -0.331. The van der Waals surface area contributed by atoms with Crippen LogP contribution in [0.4, 0.5) is 0 Å². The molecule has 1 aliphatic heterocycles. The Kier molecular flexibility index (Phi) is 3.52. The monoisotopic (exact) mass is 266 g/mol. The Labute approximate surface area is 118 Å². The summed E-state index contributed by atoms with van der Waals surface area (Å²) in [5, 5.41) is 3.54. The second-order valence-electron chi connectivity index (χ2n) is 5.18. The van der Waals surface area contributed by atoms with Crippen LogP contribution in [0.25, 0.3) is 0 Å². The summed E-state index contributed by atoms with van der Waals surface area (Å²) >= 11 is 0. The smallest absolute Gasteiger partial charge is 0.248 e. The zero-order valence-corrected chi connectivity index (χ0v) is 11.3. The van der Waals surface area contributed by atoms with E-state index in [9.17, 15) is 4.79 Å². The number of carbonyl (C=O) groups is 1. The molecule has 0 bridgehead atoms. The maximum Gasteiger partial charge on any atom is 0.248 e. The van der Waals surface area contributed by atoms with Gasteiger partial charge in [0.15, 0.2) is 0 Å². The van der Waals surface area contributed by atoms with Gasteiger partial charge in [-0.25, -0.2) is 0 Å². The number of nitrogens with two attached hydrogens (primary N) is 1. The SMILES string of the molecule is NC(=O)c1cccc2c1CCNC2Cc1ccccc1. The highest BCUT2D eigenvalue weighted by molar-refractivity contribution is 5.94. The third kappa shape index (κ3) is 2.45. The fraction of sp³-hybridized carbons (Fsp3) is 0.235. The standard InChI is InChI=1S/C17H18N2O/c18-17(20)15-8-4-7-14-13(15)9-10-19-16(14)11-12-5-2-1-3-6-12/h1-8,16,19H,9-11H2,(H2,18,20). The molecule has 1 unspecified atom stereocenters. The molecule has 102 valence electrons. The van der Waals surface area contributed by atoms with Crippen LogP contribution in [0.15, 0.2) is 48.5 Å². The average Bonchev–Trinajstić information content (AvgIpc) is 2.48. The van der Waals surface area contributed by atoms with Crippen LogP contribution >= 0.6 is 0 Å². The topological polar surface area (TPSA) is 55.1 Å². The molecule has 1 amide bonds. The molecule has 20 heavy (non-hydrogen) atoms. The number of carbonyl (C=O) groups excluding carboxylic acids is 1. The van der Waals surface area contributed by atoms with Crippen molar-refractivity contribution in [3.63, 3.8) is 0 Å². The molecule has 0 aliphatic carbocycles. The van der Waals surface area contributed by atoms with Gasteiger partial charge in [0, 0.05) is 11.6 Å². The van der Waals surface area contributed by atoms with Gasteiger partial charge in [0.25, 0.3) is 0 Å². The summed E-state index contributed by atoms with van der Waals surface area (Å²) in [7, 11) is 0. The van der Waals surface area contributed by atoms with Crippen molar-refractivity contribution in [2.45, 2.75) is 18.9 Å². The first kappa shape index (κ1) is 12.9. The summed E-state index contributed by atoms with van der Waals surface area (Å²) in [6.45, 7) is 0.884. The summed E-state index contributed by atoms with van der Waals surface area (Å²) in [5.41, 5.74) is 9.75. The van der Waals surface area contributed by atoms with E-state index in [1.807, 2.05) is 18.2 Å². The molecule has 3 nitrogen and oxygen atoms in total. The average molecular weight is 266 g/mol. The van der Waals surface area contributed by atoms with E-state index < -0.39 is 0 Å². The summed E-state index contributed by atoms with van der Waals surface area (Å²) in [4.78, 5) is 11.5. The third-order valence-electron chi connectivity index (χ3n) is 3.90. The molecular weight excluding hydrogens is 248 g/mol. The van der Waals surface area contributed by atoms with Crippen LogP contribution in [0.3, 0.4) is 0 Å². The minimum absolute atomic E-state index is 0.250. The normalized spacial score (nSPS) is 17.5. The Bertz CT molecular complexity index is 622. The van der Waals surface area contributed by atoms with E-state index in [-0.39, 0.29) is 11.9 Å². The van der Waals surface area contributed by atoms with Gasteiger partial charge in [-0.3, -0.25) is 4.79 Å². The summed E-state index contributed by atoms with van der Waals surface area (Å²) < 4.78 is 0. The number of primary amides is 1. The van der Waals surface area contributed by atoms with Gasteiger partial charge < -0.3 is 11.1 Å². The molecule has 0 radical (unpaired) electrons. The molecule has 3 heteroatoms. The highest BCUT2D eigenvalue weighted by atomic mass is 16.1. The molecule has 2 aromatic rings. The predicted molar refractivity (Wildman–Crippen MR) is 79.6 cm³/mol. The molecule has 0 fully saturated rings. The lowest BCUT2D eigenvalue weighted by Gasteiger charge is -2.28. The van der Waals surface area contributed by atoms with Crippen molar-refractivity contribution in [3.05, 3.63) is 70.8 Å². The van der Waals surface area contributed by atoms with Crippen LogP contribution in [0.5, 0.6) is 0 Å². The fourth-order valence-electron chi connectivity index (χ4n) is 2.95. The van der Waals surface area contributed by atoms with Gasteiger partial charge in [0.1, 0.15) is 0 Å². The van der Waals surface area contributed by atoms with Gasteiger partial charge >= 0.3 is 0 Å². The Balaban J connectivity index is 1.94. The van der Waals surface area contributed by atoms with Gasteiger partial charge in [0.2, 0.25) is 5.91 Å². The van der Waals surface area contributed by atoms with Gasteiger partial charge in [-0.1, -0.05) is 42.5 Å². The van der Waals surface area contributed by atoms with Crippen LogP contribution in [0.1, 0.15) is 33.1 Å². The number of hydrogen-bond donors (Lipinski definition) is 2. The van der Waals surface area contributed by atoms with Gasteiger partial charge in [-0.2, -0.15) is 0 Å². The molecule has 0 aromatic heterocycles. The zero-order valence-electron chi connectivity index (χ0n) is 11.3. The molecule has 1 atom stereocenters. The minimum atomic E-state index is -0.331. The van der Waals surface area contributed by atoms with E-state index in [2.05, 4.69) is 35.6 Å². The first-order valence-electron chi connectivity index (χ1n) is 6.94. The molecule has 2 aromatic carbocycles. The Morgan fingerprint density at radius 1 is 1.15 bits per heavy atom. The molecule has 0 saturated heterocycles. The minimum Gasteiger partial charge on any atom is -0.366 e. The number of amides is 1. The van der Waals surface area contributed by atoms with Crippen LogP contribution in [0.2, 0.25) is 0 Å². The second kappa shape index (κ2) is 5.47. The van der Waals surface area contributed by atoms with Crippen molar-refractivity contribution >= 4 is 5.91 Å². The number of benzene rings is 2. The number of hydrogen-bond acceptors (Lipinski definition) is 2.